The zero-order chi connectivity index (χ0) is 16.7. The number of nitrogens with two attached hydrogens (primary N) is 1. The molecule has 0 saturated carbocycles. The molecule has 2 N–H and O–H groups in total. The summed E-state index contributed by atoms with van der Waals surface area (Å²) in [7, 11) is 0. The molecule has 2 heteroatoms. The van der Waals surface area contributed by atoms with Crippen molar-refractivity contribution in [1.29, 1.82) is 0 Å². The second-order valence-electron chi connectivity index (χ2n) is 6.70. The van der Waals surface area contributed by atoms with Crippen LogP contribution in [0.5, 0.6) is 0 Å². The van der Waals surface area contributed by atoms with Crippen LogP contribution in [-0.4, -0.2) is 17.0 Å². The van der Waals surface area contributed by atoms with Crippen LogP contribution < -0.4 is 5.73 Å². The van der Waals surface area contributed by atoms with Crippen LogP contribution in [0.4, 0.5) is 0 Å². The number of nitrogens with zero attached hydrogens (tertiary/aromatic N) is 1. The van der Waals surface area contributed by atoms with E-state index in [1.165, 1.54) is 11.1 Å². The molecule has 0 fully saturated rings. The van der Waals surface area contributed by atoms with Crippen molar-refractivity contribution in [1.82, 2.24) is 4.90 Å². The Bertz CT molecular complexity index is 525. The maximum absolute atomic E-state index is 6.25. The normalized spacial score (nSPS) is 15.3. The smallest absolute Gasteiger partial charge is 0.0336 e. The van der Waals surface area contributed by atoms with E-state index in [1.54, 1.807) is 0 Å². The van der Waals surface area contributed by atoms with Crippen LogP contribution in [-0.2, 0) is 13.1 Å². The highest BCUT2D eigenvalue weighted by Gasteiger charge is 2.35. The van der Waals surface area contributed by atoms with Crippen molar-refractivity contribution in [3.63, 3.8) is 0 Å². The summed E-state index contributed by atoms with van der Waals surface area (Å²) in [5, 5.41) is 0. The Balaban J connectivity index is 2.29. The minimum Gasteiger partial charge on any atom is -0.329 e. The molecular weight excluding hydrogens is 280 g/mol. The second kappa shape index (κ2) is 8.28. The van der Waals surface area contributed by atoms with Gasteiger partial charge in [0.25, 0.3) is 0 Å². The highest BCUT2D eigenvalue weighted by Crippen LogP contribution is 2.29. The van der Waals surface area contributed by atoms with Crippen LogP contribution in [0.15, 0.2) is 60.7 Å². The lowest BCUT2D eigenvalue weighted by Gasteiger charge is -2.45. The Hall–Kier alpha value is -1.64. The van der Waals surface area contributed by atoms with Crippen molar-refractivity contribution in [3.05, 3.63) is 71.8 Å². The number of rotatable bonds is 8. The van der Waals surface area contributed by atoms with Crippen molar-refractivity contribution in [2.75, 3.05) is 6.54 Å². The summed E-state index contributed by atoms with van der Waals surface area (Å²) in [5.74, 6) is 0.542. The molecular formula is C21H30N2. The highest BCUT2D eigenvalue weighted by molar-refractivity contribution is 5.18. The fourth-order valence-corrected chi connectivity index (χ4v) is 3.11. The molecule has 0 aliphatic rings. The Morgan fingerprint density at radius 3 is 1.70 bits per heavy atom. The van der Waals surface area contributed by atoms with E-state index in [0.29, 0.717) is 12.5 Å². The molecule has 0 bridgehead atoms. The van der Waals surface area contributed by atoms with Gasteiger partial charge in [0.15, 0.2) is 0 Å². The summed E-state index contributed by atoms with van der Waals surface area (Å²) < 4.78 is 0. The summed E-state index contributed by atoms with van der Waals surface area (Å²) in [4.78, 5) is 2.55. The molecule has 0 aromatic heterocycles. The monoisotopic (exact) mass is 310 g/mol. The van der Waals surface area contributed by atoms with Gasteiger partial charge in [-0.05, 0) is 24.0 Å². The first-order valence-corrected chi connectivity index (χ1v) is 8.63. The van der Waals surface area contributed by atoms with E-state index in [-0.39, 0.29) is 5.54 Å². The Labute approximate surface area is 141 Å². The molecule has 0 saturated heterocycles. The van der Waals surface area contributed by atoms with E-state index in [1.807, 2.05) is 0 Å². The Morgan fingerprint density at radius 2 is 1.35 bits per heavy atom. The first-order chi connectivity index (χ1) is 11.1. The summed E-state index contributed by atoms with van der Waals surface area (Å²) in [6.45, 7) is 9.40. The summed E-state index contributed by atoms with van der Waals surface area (Å²) in [5.41, 5.74) is 8.92. The third-order valence-corrected chi connectivity index (χ3v) is 5.24. The molecule has 23 heavy (non-hydrogen) atoms. The molecule has 2 rings (SSSR count). The molecule has 0 amide bonds. The lowest BCUT2D eigenvalue weighted by molar-refractivity contribution is 0.0431. The van der Waals surface area contributed by atoms with Gasteiger partial charge in [-0.2, -0.15) is 0 Å². The van der Waals surface area contributed by atoms with Crippen molar-refractivity contribution in [3.8, 4) is 0 Å². The fraction of sp³-hybridized carbons (Fsp3) is 0.429. The van der Waals surface area contributed by atoms with Crippen LogP contribution in [0, 0.1) is 5.92 Å². The SMILES string of the molecule is CCC(C)C(C)(CN)N(Cc1ccccc1)Cc1ccccc1. The maximum Gasteiger partial charge on any atom is 0.0336 e. The van der Waals surface area contributed by atoms with E-state index in [0.717, 1.165) is 19.5 Å². The van der Waals surface area contributed by atoms with Gasteiger partial charge in [-0.15, -0.1) is 0 Å². The van der Waals surface area contributed by atoms with Gasteiger partial charge in [0, 0.05) is 25.2 Å². The standard InChI is InChI=1S/C21H30N2/c1-4-18(2)21(3,17-22)23(15-19-11-7-5-8-12-19)16-20-13-9-6-10-14-20/h5-14,18H,4,15-17,22H2,1-3H3. The molecule has 124 valence electrons. The molecule has 0 aliphatic heterocycles. The van der Waals surface area contributed by atoms with Crippen LogP contribution >= 0.6 is 0 Å². The highest BCUT2D eigenvalue weighted by atomic mass is 15.2. The molecule has 0 radical (unpaired) electrons. The lowest BCUT2D eigenvalue weighted by Crippen LogP contribution is -2.55. The minimum absolute atomic E-state index is 0.0135. The minimum atomic E-state index is -0.0135. The van der Waals surface area contributed by atoms with Gasteiger partial charge in [-0.25, -0.2) is 0 Å². The Kier molecular flexibility index (Phi) is 6.37. The second-order valence-corrected chi connectivity index (χ2v) is 6.70. The van der Waals surface area contributed by atoms with Gasteiger partial charge in [-0.1, -0.05) is 80.9 Å². The van der Waals surface area contributed by atoms with Gasteiger partial charge < -0.3 is 5.73 Å². The molecule has 2 aromatic carbocycles. The molecule has 0 spiro atoms. The predicted octanol–water partition coefficient (Wildman–Crippen LogP) is 4.45. The third-order valence-electron chi connectivity index (χ3n) is 5.24. The van der Waals surface area contributed by atoms with E-state index in [9.17, 15) is 0 Å². The topological polar surface area (TPSA) is 29.3 Å². The van der Waals surface area contributed by atoms with E-state index < -0.39 is 0 Å². The zero-order valence-electron chi connectivity index (χ0n) is 14.7. The van der Waals surface area contributed by atoms with E-state index in [2.05, 4.69) is 86.3 Å². The van der Waals surface area contributed by atoms with Crippen molar-refractivity contribution < 1.29 is 0 Å². The van der Waals surface area contributed by atoms with Gasteiger partial charge in [0.05, 0.1) is 0 Å². The largest absolute Gasteiger partial charge is 0.329 e. The quantitative estimate of drug-likeness (QED) is 0.780. The summed E-state index contributed by atoms with van der Waals surface area (Å²) in [6.07, 6.45) is 1.13. The van der Waals surface area contributed by atoms with Crippen LogP contribution in [0.2, 0.25) is 0 Å². The molecule has 0 aliphatic carbocycles. The first-order valence-electron chi connectivity index (χ1n) is 8.63. The molecule has 2 atom stereocenters. The van der Waals surface area contributed by atoms with Gasteiger partial charge in [-0.3, -0.25) is 4.90 Å². The van der Waals surface area contributed by atoms with Crippen LogP contribution in [0.1, 0.15) is 38.3 Å². The molecule has 2 aromatic rings. The number of hydrogen-bond acceptors (Lipinski definition) is 2. The van der Waals surface area contributed by atoms with Crippen molar-refractivity contribution >= 4 is 0 Å². The summed E-state index contributed by atoms with van der Waals surface area (Å²) >= 11 is 0. The van der Waals surface area contributed by atoms with E-state index >= 15 is 0 Å². The van der Waals surface area contributed by atoms with Crippen molar-refractivity contribution in [2.45, 2.75) is 45.8 Å². The average Bonchev–Trinajstić information content (AvgIpc) is 2.61. The Morgan fingerprint density at radius 1 is 0.913 bits per heavy atom. The number of benzene rings is 2. The third kappa shape index (κ3) is 4.43. The number of hydrogen-bond donors (Lipinski definition) is 1. The van der Waals surface area contributed by atoms with Gasteiger partial charge >= 0.3 is 0 Å². The predicted molar refractivity (Wildman–Crippen MR) is 99.0 cm³/mol. The van der Waals surface area contributed by atoms with Crippen LogP contribution in [0.3, 0.4) is 0 Å². The van der Waals surface area contributed by atoms with Crippen molar-refractivity contribution in [2.24, 2.45) is 11.7 Å². The fourth-order valence-electron chi connectivity index (χ4n) is 3.11. The first kappa shape index (κ1) is 17.7. The average molecular weight is 310 g/mol. The van der Waals surface area contributed by atoms with Gasteiger partial charge in [0.2, 0.25) is 0 Å². The van der Waals surface area contributed by atoms with Crippen LogP contribution in [0.25, 0.3) is 0 Å². The zero-order valence-corrected chi connectivity index (χ0v) is 14.7. The molecule has 2 unspecified atom stereocenters. The lowest BCUT2D eigenvalue weighted by atomic mass is 9.82. The molecule has 2 nitrogen and oxygen atoms in total. The van der Waals surface area contributed by atoms with Gasteiger partial charge in [0.1, 0.15) is 0 Å². The maximum atomic E-state index is 6.25. The molecule has 0 heterocycles. The van der Waals surface area contributed by atoms with E-state index in [4.69, 9.17) is 5.73 Å². The summed E-state index contributed by atoms with van der Waals surface area (Å²) in [6, 6.07) is 21.4.